The quantitative estimate of drug-likeness (QED) is 0.728. The minimum absolute atomic E-state index is 0.0646. The van der Waals surface area contributed by atoms with E-state index in [1.807, 2.05) is 31.2 Å². The van der Waals surface area contributed by atoms with Crippen LogP contribution in [0.3, 0.4) is 0 Å². The molecule has 0 radical (unpaired) electrons. The van der Waals surface area contributed by atoms with Gasteiger partial charge >= 0.3 is 0 Å². The molecule has 4 heteroatoms. The van der Waals surface area contributed by atoms with Crippen LogP contribution >= 0.6 is 0 Å². The van der Waals surface area contributed by atoms with E-state index in [0.717, 1.165) is 43.6 Å². The van der Waals surface area contributed by atoms with E-state index in [0.29, 0.717) is 6.54 Å². The fourth-order valence-electron chi connectivity index (χ4n) is 1.91. The molecule has 0 spiro atoms. The molecule has 112 valence electrons. The largest absolute Gasteiger partial charge is 0.494 e. The Morgan fingerprint density at radius 3 is 2.85 bits per heavy atom. The fraction of sp³-hybridized carbons (Fsp3) is 0.562. The van der Waals surface area contributed by atoms with Gasteiger partial charge in [0.15, 0.2) is 0 Å². The predicted octanol–water partition coefficient (Wildman–Crippen LogP) is 2.26. The molecule has 0 saturated carbocycles. The second-order valence-electron chi connectivity index (χ2n) is 4.93. The highest BCUT2D eigenvalue weighted by Crippen LogP contribution is 2.13. The first-order valence-corrected chi connectivity index (χ1v) is 7.42. The van der Waals surface area contributed by atoms with Crippen LogP contribution in [0.25, 0.3) is 0 Å². The summed E-state index contributed by atoms with van der Waals surface area (Å²) in [5.41, 5.74) is 6.91. The lowest BCUT2D eigenvalue weighted by Crippen LogP contribution is -2.41. The van der Waals surface area contributed by atoms with Crippen molar-refractivity contribution in [3.63, 3.8) is 0 Å². The Morgan fingerprint density at radius 2 is 2.15 bits per heavy atom. The van der Waals surface area contributed by atoms with Gasteiger partial charge in [0.25, 0.3) is 0 Å². The van der Waals surface area contributed by atoms with Crippen LogP contribution in [0.1, 0.15) is 38.7 Å². The third kappa shape index (κ3) is 6.06. The Hall–Kier alpha value is -1.55. The topological polar surface area (TPSA) is 64.3 Å². The van der Waals surface area contributed by atoms with Gasteiger partial charge in [0.2, 0.25) is 5.91 Å². The van der Waals surface area contributed by atoms with Gasteiger partial charge in [-0.25, -0.2) is 0 Å². The van der Waals surface area contributed by atoms with Crippen molar-refractivity contribution < 1.29 is 9.53 Å². The van der Waals surface area contributed by atoms with Crippen LogP contribution in [0.4, 0.5) is 0 Å². The highest BCUT2D eigenvalue weighted by atomic mass is 16.5. The third-order valence-electron chi connectivity index (χ3n) is 3.02. The summed E-state index contributed by atoms with van der Waals surface area (Å²) in [6, 6.07) is 7.60. The minimum Gasteiger partial charge on any atom is -0.494 e. The van der Waals surface area contributed by atoms with Gasteiger partial charge in [0, 0.05) is 6.54 Å². The summed E-state index contributed by atoms with van der Waals surface area (Å²) >= 11 is 0. The molecule has 1 aromatic rings. The number of benzene rings is 1. The number of carbonyl (C=O) groups excluding carboxylic acids is 1. The number of carbonyl (C=O) groups is 1. The van der Waals surface area contributed by atoms with Crippen LogP contribution in [0, 0.1) is 0 Å². The van der Waals surface area contributed by atoms with E-state index in [1.165, 1.54) is 0 Å². The Morgan fingerprint density at radius 1 is 1.35 bits per heavy atom. The smallest absolute Gasteiger partial charge is 0.236 e. The number of nitrogens with two attached hydrogens (primary N) is 1. The normalized spacial score (nSPS) is 11.9. The molecular weight excluding hydrogens is 252 g/mol. The molecule has 1 unspecified atom stereocenters. The first-order valence-electron chi connectivity index (χ1n) is 7.42. The maximum Gasteiger partial charge on any atom is 0.236 e. The van der Waals surface area contributed by atoms with Crippen molar-refractivity contribution >= 4 is 5.91 Å². The van der Waals surface area contributed by atoms with Crippen LogP contribution in [0.2, 0.25) is 0 Å². The molecule has 0 bridgehead atoms. The molecule has 1 amide bonds. The van der Waals surface area contributed by atoms with E-state index in [2.05, 4.69) is 12.2 Å². The first kappa shape index (κ1) is 16.5. The zero-order valence-corrected chi connectivity index (χ0v) is 12.5. The molecular formula is C16H26N2O2. The van der Waals surface area contributed by atoms with Crippen LogP contribution in [0.15, 0.2) is 24.3 Å². The monoisotopic (exact) mass is 278 g/mol. The summed E-state index contributed by atoms with van der Waals surface area (Å²) in [7, 11) is 0. The average Bonchev–Trinajstić information content (AvgIpc) is 2.45. The second-order valence-corrected chi connectivity index (χ2v) is 4.93. The van der Waals surface area contributed by atoms with Crippen LogP contribution in [-0.4, -0.2) is 25.1 Å². The number of hydrogen-bond acceptors (Lipinski definition) is 3. The highest BCUT2D eigenvalue weighted by Gasteiger charge is 2.10. The van der Waals surface area contributed by atoms with E-state index in [-0.39, 0.29) is 11.9 Å². The maximum absolute atomic E-state index is 11.7. The molecule has 4 nitrogen and oxygen atoms in total. The molecule has 0 saturated heterocycles. The Kier molecular flexibility index (Phi) is 7.73. The lowest BCUT2D eigenvalue weighted by atomic mass is 10.1. The van der Waals surface area contributed by atoms with Gasteiger partial charge in [-0.1, -0.05) is 32.4 Å². The maximum atomic E-state index is 11.7. The van der Waals surface area contributed by atoms with Crippen LogP contribution in [0.5, 0.6) is 5.75 Å². The summed E-state index contributed by atoms with van der Waals surface area (Å²) < 4.78 is 5.59. The Balaban J connectivity index is 2.36. The summed E-state index contributed by atoms with van der Waals surface area (Å²) in [5.74, 6) is 0.823. The standard InChI is InChI=1S/C16H26N2O2/c1-3-6-15(17)16(19)18-10-9-13-7-5-8-14(12-13)20-11-4-2/h5,7-8,12,15H,3-4,6,9-11,17H2,1-2H3,(H,18,19). The number of amides is 1. The third-order valence-corrected chi connectivity index (χ3v) is 3.02. The van der Waals surface area contributed by atoms with Gasteiger partial charge < -0.3 is 15.8 Å². The lowest BCUT2D eigenvalue weighted by Gasteiger charge is -2.11. The molecule has 0 aliphatic heterocycles. The molecule has 0 fully saturated rings. The van der Waals surface area contributed by atoms with Crippen molar-refractivity contribution in [2.75, 3.05) is 13.2 Å². The number of hydrogen-bond donors (Lipinski definition) is 2. The number of rotatable bonds is 9. The second kappa shape index (κ2) is 9.37. The molecule has 0 aliphatic rings. The fourth-order valence-corrected chi connectivity index (χ4v) is 1.91. The summed E-state index contributed by atoms with van der Waals surface area (Å²) in [6.45, 7) is 5.44. The van der Waals surface area contributed by atoms with E-state index in [4.69, 9.17) is 10.5 Å². The molecule has 1 rings (SSSR count). The van der Waals surface area contributed by atoms with Crippen molar-refractivity contribution in [3.8, 4) is 5.75 Å². The molecule has 1 aromatic carbocycles. The van der Waals surface area contributed by atoms with Gasteiger partial charge in [0.1, 0.15) is 5.75 Å². The average molecular weight is 278 g/mol. The van der Waals surface area contributed by atoms with E-state index in [1.54, 1.807) is 0 Å². The van der Waals surface area contributed by atoms with E-state index < -0.39 is 0 Å². The SMILES string of the molecule is CCCOc1cccc(CCNC(=O)C(N)CCC)c1. The zero-order chi connectivity index (χ0) is 14.8. The molecule has 0 aliphatic carbocycles. The van der Waals surface area contributed by atoms with Crippen LogP contribution < -0.4 is 15.8 Å². The van der Waals surface area contributed by atoms with Gasteiger partial charge in [-0.2, -0.15) is 0 Å². The molecule has 0 heterocycles. The highest BCUT2D eigenvalue weighted by molar-refractivity contribution is 5.81. The molecule has 3 N–H and O–H groups in total. The van der Waals surface area contributed by atoms with Crippen molar-refractivity contribution in [2.45, 2.75) is 45.6 Å². The van der Waals surface area contributed by atoms with E-state index >= 15 is 0 Å². The van der Waals surface area contributed by atoms with Gasteiger partial charge in [-0.3, -0.25) is 4.79 Å². The van der Waals surface area contributed by atoms with Crippen LogP contribution in [-0.2, 0) is 11.2 Å². The lowest BCUT2D eigenvalue weighted by molar-refractivity contribution is -0.122. The summed E-state index contributed by atoms with van der Waals surface area (Å²) in [4.78, 5) is 11.7. The van der Waals surface area contributed by atoms with Crippen molar-refractivity contribution in [1.29, 1.82) is 0 Å². The number of nitrogens with one attached hydrogen (secondary N) is 1. The first-order chi connectivity index (χ1) is 9.67. The zero-order valence-electron chi connectivity index (χ0n) is 12.5. The molecule has 0 aromatic heterocycles. The van der Waals surface area contributed by atoms with E-state index in [9.17, 15) is 4.79 Å². The van der Waals surface area contributed by atoms with Crippen molar-refractivity contribution in [2.24, 2.45) is 5.73 Å². The Bertz CT molecular complexity index is 407. The van der Waals surface area contributed by atoms with Gasteiger partial charge in [0.05, 0.1) is 12.6 Å². The van der Waals surface area contributed by atoms with Gasteiger partial charge in [-0.15, -0.1) is 0 Å². The summed E-state index contributed by atoms with van der Waals surface area (Å²) in [6.07, 6.45) is 3.43. The van der Waals surface area contributed by atoms with Crippen molar-refractivity contribution in [3.05, 3.63) is 29.8 Å². The van der Waals surface area contributed by atoms with Crippen molar-refractivity contribution in [1.82, 2.24) is 5.32 Å². The minimum atomic E-state index is -0.390. The number of ether oxygens (including phenoxy) is 1. The summed E-state index contributed by atoms with van der Waals surface area (Å²) in [5, 5.41) is 2.87. The van der Waals surface area contributed by atoms with Gasteiger partial charge in [-0.05, 0) is 37.0 Å². The molecule has 1 atom stereocenters. The molecule has 20 heavy (non-hydrogen) atoms. The Labute approximate surface area is 121 Å². The predicted molar refractivity (Wildman–Crippen MR) is 81.8 cm³/mol.